The number of nitrogen functional groups attached to an aromatic ring is 1. The predicted molar refractivity (Wildman–Crippen MR) is 79.5 cm³/mol. The lowest BCUT2D eigenvalue weighted by Gasteiger charge is -2.24. The molecule has 3 rings (SSSR count). The molecule has 1 aliphatic heterocycles. The molecule has 0 aliphatic carbocycles. The molecule has 6 nitrogen and oxygen atoms in total. The van der Waals surface area contributed by atoms with Gasteiger partial charge in [0.15, 0.2) is 0 Å². The van der Waals surface area contributed by atoms with Gasteiger partial charge in [-0.25, -0.2) is 0 Å². The zero-order valence-electron chi connectivity index (χ0n) is 11.6. The SMILES string of the molecule is Nc1ccnc2c(CN3C[C@H](O)[C@H](O)[C@H]3CO)cccc12. The van der Waals surface area contributed by atoms with Crippen molar-refractivity contribution in [1.29, 1.82) is 0 Å². The molecule has 3 atom stereocenters. The number of rotatable bonds is 3. The molecule has 0 bridgehead atoms. The van der Waals surface area contributed by atoms with Crippen LogP contribution in [0.2, 0.25) is 0 Å². The molecule has 1 fully saturated rings. The minimum absolute atomic E-state index is 0.196. The predicted octanol–water partition coefficient (Wildman–Crippen LogP) is -0.285. The van der Waals surface area contributed by atoms with Crippen molar-refractivity contribution in [2.24, 2.45) is 0 Å². The van der Waals surface area contributed by atoms with Crippen molar-refractivity contribution in [3.8, 4) is 0 Å². The van der Waals surface area contributed by atoms with Crippen LogP contribution in [-0.4, -0.2) is 56.6 Å². The molecular formula is C15H19N3O3. The molecule has 0 amide bonds. The second-order valence-corrected chi connectivity index (χ2v) is 5.45. The number of pyridine rings is 1. The number of anilines is 1. The monoisotopic (exact) mass is 289 g/mol. The molecule has 1 saturated heterocycles. The van der Waals surface area contributed by atoms with E-state index in [1.165, 1.54) is 0 Å². The summed E-state index contributed by atoms with van der Waals surface area (Å²) < 4.78 is 0. The number of hydrogen-bond donors (Lipinski definition) is 4. The highest BCUT2D eigenvalue weighted by atomic mass is 16.3. The van der Waals surface area contributed by atoms with Crippen molar-refractivity contribution in [3.05, 3.63) is 36.0 Å². The summed E-state index contributed by atoms with van der Waals surface area (Å²) in [5.74, 6) is 0. The van der Waals surface area contributed by atoms with Crippen molar-refractivity contribution in [2.45, 2.75) is 24.8 Å². The number of aliphatic hydroxyl groups is 3. The van der Waals surface area contributed by atoms with Gasteiger partial charge in [-0.1, -0.05) is 18.2 Å². The van der Waals surface area contributed by atoms with Crippen LogP contribution < -0.4 is 5.73 Å². The van der Waals surface area contributed by atoms with E-state index < -0.39 is 18.2 Å². The van der Waals surface area contributed by atoms with Gasteiger partial charge in [0.1, 0.15) is 0 Å². The molecule has 2 heterocycles. The topological polar surface area (TPSA) is 103 Å². The molecule has 0 unspecified atom stereocenters. The molecule has 1 aliphatic rings. The number of β-amino-alcohol motifs (C(OH)–C–C–N with tert-alkyl or cyclic N) is 1. The molecule has 6 heteroatoms. The van der Waals surface area contributed by atoms with Crippen LogP contribution in [-0.2, 0) is 6.54 Å². The average Bonchev–Trinajstić information content (AvgIpc) is 2.74. The van der Waals surface area contributed by atoms with Crippen molar-refractivity contribution in [2.75, 3.05) is 18.9 Å². The normalized spacial score (nSPS) is 26.5. The lowest BCUT2D eigenvalue weighted by atomic mass is 10.1. The summed E-state index contributed by atoms with van der Waals surface area (Å²) in [5.41, 5.74) is 8.39. The van der Waals surface area contributed by atoms with Gasteiger partial charge >= 0.3 is 0 Å². The quantitative estimate of drug-likeness (QED) is 0.619. The van der Waals surface area contributed by atoms with Crippen LogP contribution >= 0.6 is 0 Å². The Balaban J connectivity index is 1.94. The van der Waals surface area contributed by atoms with Gasteiger partial charge in [-0.3, -0.25) is 9.88 Å². The maximum Gasteiger partial charge on any atom is 0.0988 e. The summed E-state index contributed by atoms with van der Waals surface area (Å²) in [6, 6.07) is 7.06. The number of fused-ring (bicyclic) bond motifs is 1. The van der Waals surface area contributed by atoms with E-state index in [0.717, 1.165) is 16.5 Å². The van der Waals surface area contributed by atoms with Gasteiger partial charge in [-0.15, -0.1) is 0 Å². The van der Waals surface area contributed by atoms with Crippen LogP contribution in [0.3, 0.4) is 0 Å². The first-order valence-corrected chi connectivity index (χ1v) is 6.95. The zero-order valence-corrected chi connectivity index (χ0v) is 11.6. The van der Waals surface area contributed by atoms with Crippen LogP contribution in [0.15, 0.2) is 30.5 Å². The van der Waals surface area contributed by atoms with E-state index in [2.05, 4.69) is 4.98 Å². The van der Waals surface area contributed by atoms with Crippen molar-refractivity contribution in [3.63, 3.8) is 0 Å². The minimum Gasteiger partial charge on any atom is -0.398 e. The maximum atomic E-state index is 9.88. The van der Waals surface area contributed by atoms with Gasteiger partial charge in [0.25, 0.3) is 0 Å². The maximum absolute atomic E-state index is 9.88. The second kappa shape index (κ2) is 5.57. The first kappa shape index (κ1) is 14.2. The van der Waals surface area contributed by atoms with Gasteiger partial charge in [0, 0.05) is 30.4 Å². The Kier molecular flexibility index (Phi) is 3.77. The highest BCUT2D eigenvalue weighted by Crippen LogP contribution is 2.26. The summed E-state index contributed by atoms with van der Waals surface area (Å²) in [7, 11) is 0. The smallest absolute Gasteiger partial charge is 0.0988 e. The molecule has 0 radical (unpaired) electrons. The number of para-hydroxylation sites is 1. The largest absolute Gasteiger partial charge is 0.398 e. The Morgan fingerprint density at radius 1 is 1.29 bits per heavy atom. The zero-order chi connectivity index (χ0) is 15.0. The average molecular weight is 289 g/mol. The van der Waals surface area contributed by atoms with E-state index in [-0.39, 0.29) is 6.61 Å². The van der Waals surface area contributed by atoms with E-state index in [9.17, 15) is 15.3 Å². The molecular weight excluding hydrogens is 270 g/mol. The Morgan fingerprint density at radius 2 is 2.10 bits per heavy atom. The molecule has 1 aromatic carbocycles. The summed E-state index contributed by atoms with van der Waals surface area (Å²) in [4.78, 5) is 6.25. The summed E-state index contributed by atoms with van der Waals surface area (Å²) in [6.45, 7) is 0.622. The van der Waals surface area contributed by atoms with Crippen molar-refractivity contribution < 1.29 is 15.3 Å². The molecule has 5 N–H and O–H groups in total. The summed E-state index contributed by atoms with van der Waals surface area (Å²) in [6.07, 6.45) is -0.101. The minimum atomic E-state index is -0.928. The number of aliphatic hydroxyl groups excluding tert-OH is 3. The number of nitrogens with two attached hydrogens (primary N) is 1. The molecule has 21 heavy (non-hydrogen) atoms. The Hall–Kier alpha value is -1.73. The van der Waals surface area contributed by atoms with Crippen LogP contribution in [0.5, 0.6) is 0 Å². The first-order valence-electron chi connectivity index (χ1n) is 6.95. The van der Waals surface area contributed by atoms with Gasteiger partial charge < -0.3 is 21.1 Å². The molecule has 0 saturated carbocycles. The van der Waals surface area contributed by atoms with Crippen molar-refractivity contribution in [1.82, 2.24) is 9.88 Å². The number of aromatic nitrogens is 1. The highest BCUT2D eigenvalue weighted by Gasteiger charge is 2.39. The summed E-state index contributed by atoms with van der Waals surface area (Å²) in [5, 5.41) is 29.9. The van der Waals surface area contributed by atoms with Gasteiger partial charge in [-0.05, 0) is 11.6 Å². The van der Waals surface area contributed by atoms with E-state index in [1.807, 2.05) is 23.1 Å². The Morgan fingerprint density at radius 3 is 2.86 bits per heavy atom. The van der Waals surface area contributed by atoms with E-state index in [4.69, 9.17) is 5.73 Å². The van der Waals surface area contributed by atoms with Crippen LogP contribution in [0.1, 0.15) is 5.56 Å². The third kappa shape index (κ3) is 2.47. The van der Waals surface area contributed by atoms with Crippen LogP contribution in [0.4, 0.5) is 5.69 Å². The van der Waals surface area contributed by atoms with Crippen molar-refractivity contribution >= 4 is 16.6 Å². The third-order valence-electron chi connectivity index (χ3n) is 4.13. The Bertz CT molecular complexity index is 649. The molecule has 2 aromatic rings. The van der Waals surface area contributed by atoms with E-state index in [1.54, 1.807) is 12.3 Å². The number of likely N-dealkylation sites (tertiary alicyclic amines) is 1. The van der Waals surface area contributed by atoms with Crippen LogP contribution in [0.25, 0.3) is 10.9 Å². The Labute approximate surface area is 122 Å². The van der Waals surface area contributed by atoms with Crippen LogP contribution in [0, 0.1) is 0 Å². The molecule has 112 valence electrons. The third-order valence-corrected chi connectivity index (χ3v) is 4.13. The fraction of sp³-hybridized carbons (Fsp3) is 0.400. The lowest BCUT2D eigenvalue weighted by Crippen LogP contribution is -2.38. The lowest BCUT2D eigenvalue weighted by molar-refractivity contribution is 0.0210. The highest BCUT2D eigenvalue weighted by molar-refractivity contribution is 5.91. The molecule has 0 spiro atoms. The van der Waals surface area contributed by atoms with E-state index in [0.29, 0.717) is 18.8 Å². The summed E-state index contributed by atoms with van der Waals surface area (Å²) >= 11 is 0. The fourth-order valence-electron chi connectivity index (χ4n) is 2.97. The van der Waals surface area contributed by atoms with Gasteiger partial charge in [-0.2, -0.15) is 0 Å². The van der Waals surface area contributed by atoms with Gasteiger partial charge in [0.2, 0.25) is 0 Å². The van der Waals surface area contributed by atoms with Gasteiger partial charge in [0.05, 0.1) is 30.4 Å². The number of hydrogen-bond acceptors (Lipinski definition) is 6. The first-order chi connectivity index (χ1) is 10.1. The fourth-order valence-corrected chi connectivity index (χ4v) is 2.97. The standard InChI is InChI=1S/C15H19N3O3/c16-11-4-5-17-14-9(2-1-3-10(11)14)6-18-7-13(20)15(21)12(18)8-19/h1-5,12-13,15,19-21H,6-8H2,(H2,16,17)/t12-,13+,15-/m1/s1. The second-order valence-electron chi connectivity index (χ2n) is 5.45. The number of nitrogens with zero attached hydrogens (tertiary/aromatic N) is 2. The van der Waals surface area contributed by atoms with E-state index >= 15 is 0 Å². The number of benzene rings is 1. The molecule has 1 aromatic heterocycles.